The predicted molar refractivity (Wildman–Crippen MR) is 165 cm³/mol. The molecular formula is C36H30N2O6. The van der Waals surface area contributed by atoms with Crippen molar-refractivity contribution in [3.05, 3.63) is 125 Å². The number of hydrogen-bond donors (Lipinski definition) is 1. The number of nitrogens with one attached hydrogen (secondary N) is 1. The van der Waals surface area contributed by atoms with E-state index in [-0.39, 0.29) is 23.0 Å². The Morgan fingerprint density at radius 3 is 2.25 bits per heavy atom. The van der Waals surface area contributed by atoms with E-state index in [0.717, 1.165) is 11.1 Å². The lowest BCUT2D eigenvalue weighted by atomic mass is 9.62. The van der Waals surface area contributed by atoms with Crippen molar-refractivity contribution in [3.63, 3.8) is 0 Å². The molecule has 3 aliphatic rings. The number of ether oxygens (including phenoxy) is 3. The fraction of sp³-hybridized carbons (Fsp3) is 0.194. The molecule has 3 aliphatic heterocycles. The standard InChI is InChI=1S/C36H30N2O6/c1-42-23-14-12-22(13-15-23)32(39)30-31(33(40)26-20-24(43-2)16-17-29(26)44-3)38-19-18-21-8-4-5-9-25(21)34(38)36(30)27-10-6-7-11-28(27)37-35(36)41/h4-20,30-31,34H,1-3H3,(H,37,41)/t30-,31-,34-,36-/m1/s1. The van der Waals surface area contributed by atoms with E-state index in [9.17, 15) is 14.4 Å². The van der Waals surface area contributed by atoms with Crippen LogP contribution in [0.25, 0.3) is 6.08 Å². The van der Waals surface area contributed by atoms with Crippen LogP contribution in [0.5, 0.6) is 17.2 Å². The lowest BCUT2D eigenvalue weighted by Crippen LogP contribution is -2.49. The lowest BCUT2D eigenvalue weighted by molar-refractivity contribution is -0.122. The average Bonchev–Trinajstić information content (AvgIpc) is 3.55. The molecule has 4 atom stereocenters. The summed E-state index contributed by atoms with van der Waals surface area (Å²) in [5.74, 6) is -0.686. The number of carbonyl (C=O) groups excluding carboxylic acids is 3. The summed E-state index contributed by atoms with van der Waals surface area (Å²) in [5.41, 5.74) is 2.31. The van der Waals surface area contributed by atoms with Crippen molar-refractivity contribution < 1.29 is 28.6 Å². The minimum absolute atomic E-state index is 0.263. The number of para-hydroxylation sites is 1. The quantitative estimate of drug-likeness (QED) is 0.278. The van der Waals surface area contributed by atoms with Gasteiger partial charge in [0.2, 0.25) is 5.91 Å². The molecule has 0 saturated carbocycles. The molecule has 8 nitrogen and oxygen atoms in total. The summed E-state index contributed by atoms with van der Waals surface area (Å²) >= 11 is 0. The molecule has 0 aliphatic carbocycles. The number of benzene rings is 4. The number of hydrogen-bond acceptors (Lipinski definition) is 7. The number of amides is 1. The SMILES string of the molecule is COc1ccc(C(=O)[C@H]2[C@H](C(=O)c3cc(OC)ccc3OC)N3C=Cc4ccccc4[C@@H]3[C@]23C(=O)Nc2ccccc23)cc1. The number of nitrogens with zero attached hydrogens (tertiary/aromatic N) is 1. The zero-order valence-electron chi connectivity index (χ0n) is 24.4. The molecular weight excluding hydrogens is 556 g/mol. The third kappa shape index (κ3) is 3.80. The molecule has 1 amide bonds. The molecule has 1 spiro atoms. The van der Waals surface area contributed by atoms with Gasteiger partial charge in [0.1, 0.15) is 28.7 Å². The van der Waals surface area contributed by atoms with E-state index >= 15 is 0 Å². The monoisotopic (exact) mass is 586 g/mol. The molecule has 7 rings (SSSR count). The largest absolute Gasteiger partial charge is 0.497 e. The summed E-state index contributed by atoms with van der Waals surface area (Å²) in [4.78, 5) is 46.4. The van der Waals surface area contributed by atoms with Gasteiger partial charge < -0.3 is 24.4 Å². The van der Waals surface area contributed by atoms with Gasteiger partial charge >= 0.3 is 0 Å². The van der Waals surface area contributed by atoms with E-state index in [1.807, 2.05) is 65.7 Å². The topological polar surface area (TPSA) is 94.2 Å². The third-order valence-corrected chi connectivity index (χ3v) is 9.17. The van der Waals surface area contributed by atoms with Crippen molar-refractivity contribution in [1.29, 1.82) is 0 Å². The maximum absolute atomic E-state index is 15.0. The number of methoxy groups -OCH3 is 3. The summed E-state index contributed by atoms with van der Waals surface area (Å²) in [6.07, 6.45) is 3.78. The van der Waals surface area contributed by atoms with Gasteiger partial charge in [-0.25, -0.2) is 0 Å². The van der Waals surface area contributed by atoms with Crippen LogP contribution < -0.4 is 19.5 Å². The van der Waals surface area contributed by atoms with Crippen molar-refractivity contribution in [1.82, 2.24) is 4.90 Å². The van der Waals surface area contributed by atoms with E-state index in [1.165, 1.54) is 14.2 Å². The second-order valence-corrected chi connectivity index (χ2v) is 11.1. The highest BCUT2D eigenvalue weighted by Gasteiger charge is 2.70. The van der Waals surface area contributed by atoms with E-state index in [2.05, 4.69) is 5.32 Å². The maximum atomic E-state index is 15.0. The number of Topliss-reactive ketones (excluding diaryl/α,β-unsaturated/α-hetero) is 2. The molecule has 8 heteroatoms. The van der Waals surface area contributed by atoms with Crippen molar-refractivity contribution in [2.45, 2.75) is 17.5 Å². The number of anilines is 1. The molecule has 0 bridgehead atoms. The Bertz CT molecular complexity index is 1850. The summed E-state index contributed by atoms with van der Waals surface area (Å²) < 4.78 is 16.4. The molecule has 3 heterocycles. The van der Waals surface area contributed by atoms with Gasteiger partial charge in [0.15, 0.2) is 11.6 Å². The second kappa shape index (κ2) is 10.4. The van der Waals surface area contributed by atoms with Crippen LogP contribution in [0.15, 0.2) is 97.2 Å². The van der Waals surface area contributed by atoms with Crippen LogP contribution in [-0.4, -0.2) is 49.7 Å². The summed E-state index contributed by atoms with van der Waals surface area (Å²) in [7, 11) is 4.58. The van der Waals surface area contributed by atoms with Gasteiger partial charge in [-0.05, 0) is 71.3 Å². The van der Waals surface area contributed by atoms with E-state index in [4.69, 9.17) is 14.2 Å². The fourth-order valence-corrected chi connectivity index (χ4v) is 7.27. The van der Waals surface area contributed by atoms with Gasteiger partial charge in [0, 0.05) is 17.5 Å². The highest BCUT2D eigenvalue weighted by atomic mass is 16.5. The molecule has 0 radical (unpaired) electrons. The van der Waals surface area contributed by atoms with Crippen LogP contribution in [0.3, 0.4) is 0 Å². The van der Waals surface area contributed by atoms with Crippen LogP contribution >= 0.6 is 0 Å². The average molecular weight is 587 g/mol. The minimum Gasteiger partial charge on any atom is -0.497 e. The smallest absolute Gasteiger partial charge is 0.238 e. The number of fused-ring (bicyclic) bond motifs is 6. The van der Waals surface area contributed by atoms with Crippen LogP contribution in [0.4, 0.5) is 5.69 Å². The molecule has 1 N–H and O–H groups in total. The highest BCUT2D eigenvalue weighted by Crippen LogP contribution is 2.62. The van der Waals surface area contributed by atoms with E-state index in [0.29, 0.717) is 34.1 Å². The van der Waals surface area contributed by atoms with Gasteiger partial charge in [-0.1, -0.05) is 42.5 Å². The van der Waals surface area contributed by atoms with Crippen LogP contribution in [0.1, 0.15) is 43.4 Å². The molecule has 1 fully saturated rings. The first kappa shape index (κ1) is 27.5. The molecule has 4 aromatic carbocycles. The first-order valence-electron chi connectivity index (χ1n) is 14.3. The zero-order chi connectivity index (χ0) is 30.6. The first-order valence-corrected chi connectivity index (χ1v) is 14.3. The Balaban J connectivity index is 1.53. The van der Waals surface area contributed by atoms with Crippen molar-refractivity contribution in [3.8, 4) is 17.2 Å². The lowest BCUT2D eigenvalue weighted by Gasteiger charge is -2.38. The Hall–Kier alpha value is -5.37. The normalized spacial score (nSPS) is 22.6. The Labute approximate surface area is 254 Å². The number of ketones is 2. The third-order valence-electron chi connectivity index (χ3n) is 9.17. The summed E-state index contributed by atoms with van der Waals surface area (Å²) in [6.45, 7) is 0. The molecule has 220 valence electrons. The zero-order valence-corrected chi connectivity index (χ0v) is 24.4. The summed E-state index contributed by atoms with van der Waals surface area (Å²) in [5, 5.41) is 3.07. The van der Waals surface area contributed by atoms with Gasteiger partial charge in [0.25, 0.3) is 0 Å². The van der Waals surface area contributed by atoms with Gasteiger partial charge in [-0.2, -0.15) is 0 Å². The summed E-state index contributed by atoms with van der Waals surface area (Å²) in [6, 6.07) is 25.4. The molecule has 0 unspecified atom stereocenters. The van der Waals surface area contributed by atoms with Gasteiger partial charge in [-0.15, -0.1) is 0 Å². The molecule has 0 aromatic heterocycles. The van der Waals surface area contributed by atoms with Crippen LogP contribution in [0, 0.1) is 5.92 Å². The fourth-order valence-electron chi connectivity index (χ4n) is 7.27. The number of carbonyl (C=O) groups is 3. The van der Waals surface area contributed by atoms with Gasteiger partial charge in [-0.3, -0.25) is 14.4 Å². The Morgan fingerprint density at radius 1 is 0.795 bits per heavy atom. The van der Waals surface area contributed by atoms with Crippen LogP contribution in [-0.2, 0) is 10.2 Å². The predicted octanol–water partition coefficient (Wildman–Crippen LogP) is 5.69. The van der Waals surface area contributed by atoms with Gasteiger partial charge in [0.05, 0.1) is 38.9 Å². The first-order chi connectivity index (χ1) is 21.4. The van der Waals surface area contributed by atoms with Crippen molar-refractivity contribution >= 4 is 29.2 Å². The number of rotatable bonds is 7. The highest BCUT2D eigenvalue weighted by molar-refractivity contribution is 6.17. The Kier molecular flexibility index (Phi) is 6.50. The second-order valence-electron chi connectivity index (χ2n) is 11.1. The molecule has 1 saturated heterocycles. The van der Waals surface area contributed by atoms with Crippen molar-refractivity contribution in [2.75, 3.05) is 26.6 Å². The Morgan fingerprint density at radius 2 is 1.50 bits per heavy atom. The molecule has 44 heavy (non-hydrogen) atoms. The van der Waals surface area contributed by atoms with E-state index in [1.54, 1.807) is 49.6 Å². The van der Waals surface area contributed by atoms with Crippen molar-refractivity contribution in [2.24, 2.45) is 5.92 Å². The van der Waals surface area contributed by atoms with E-state index < -0.39 is 23.4 Å². The minimum atomic E-state index is -1.43. The maximum Gasteiger partial charge on any atom is 0.238 e. The van der Waals surface area contributed by atoms with Crippen LogP contribution in [0.2, 0.25) is 0 Å². The molecule has 4 aromatic rings.